The van der Waals surface area contributed by atoms with E-state index >= 15 is 0 Å². The number of ether oxygens (including phenoxy) is 1. The van der Waals surface area contributed by atoms with Crippen molar-refractivity contribution in [2.75, 3.05) is 26.7 Å². The molecule has 1 heterocycles. The maximum Gasteiger partial charge on any atom is 0.125 e. The van der Waals surface area contributed by atoms with Gasteiger partial charge in [0, 0.05) is 12.5 Å². The minimum Gasteiger partial charge on any atom is -0.493 e. The fourth-order valence-corrected chi connectivity index (χ4v) is 2.64. The largest absolute Gasteiger partial charge is 0.493 e. The predicted molar refractivity (Wildman–Crippen MR) is 78.9 cm³/mol. The van der Waals surface area contributed by atoms with Crippen LogP contribution in [0.2, 0.25) is 0 Å². The quantitative estimate of drug-likeness (QED) is 0.833. The summed E-state index contributed by atoms with van der Waals surface area (Å²) in [4.78, 5) is 2.40. The van der Waals surface area contributed by atoms with Gasteiger partial charge in [-0.3, -0.25) is 0 Å². The first-order valence-corrected chi connectivity index (χ1v) is 6.54. The lowest BCUT2D eigenvalue weighted by atomic mass is 9.99. The van der Waals surface area contributed by atoms with Crippen LogP contribution in [0.4, 0.5) is 0 Å². The van der Waals surface area contributed by atoms with Crippen LogP contribution in [-0.4, -0.2) is 31.6 Å². The third kappa shape index (κ3) is 3.89. The number of halogens is 1. The van der Waals surface area contributed by atoms with E-state index in [1.165, 1.54) is 37.1 Å². The molecule has 1 aliphatic heterocycles. The van der Waals surface area contributed by atoms with Crippen molar-refractivity contribution in [3.05, 3.63) is 29.3 Å². The number of likely N-dealkylation sites (tertiary alicyclic amines) is 1. The van der Waals surface area contributed by atoms with Gasteiger partial charge in [-0.15, -0.1) is 12.4 Å². The number of nitrogens with zero attached hydrogens (tertiary/aromatic N) is 1. The maximum absolute atomic E-state index is 6.03. The summed E-state index contributed by atoms with van der Waals surface area (Å²) in [5, 5.41) is 0. The van der Waals surface area contributed by atoms with Crippen molar-refractivity contribution in [2.24, 2.45) is 5.92 Å². The first kappa shape index (κ1) is 15.3. The number of rotatable bonds is 3. The molecule has 1 unspecified atom stereocenters. The molecule has 1 saturated heterocycles. The van der Waals surface area contributed by atoms with E-state index in [0.717, 1.165) is 12.4 Å². The molecule has 1 fully saturated rings. The highest BCUT2D eigenvalue weighted by atomic mass is 35.5. The van der Waals surface area contributed by atoms with E-state index in [2.05, 4.69) is 44.0 Å². The number of para-hydroxylation sites is 1. The van der Waals surface area contributed by atoms with Gasteiger partial charge in [-0.1, -0.05) is 18.2 Å². The first-order valence-electron chi connectivity index (χ1n) is 6.54. The van der Waals surface area contributed by atoms with E-state index in [1.54, 1.807) is 0 Å². The van der Waals surface area contributed by atoms with E-state index in [-0.39, 0.29) is 12.4 Å². The highest BCUT2D eigenvalue weighted by Gasteiger charge is 2.18. The second kappa shape index (κ2) is 7.01. The van der Waals surface area contributed by atoms with Gasteiger partial charge >= 0.3 is 0 Å². The maximum atomic E-state index is 6.03. The lowest BCUT2D eigenvalue weighted by Crippen LogP contribution is -2.34. The molecule has 3 heteroatoms. The topological polar surface area (TPSA) is 12.5 Å². The fourth-order valence-electron chi connectivity index (χ4n) is 2.64. The van der Waals surface area contributed by atoms with E-state index in [0.29, 0.717) is 5.92 Å². The van der Waals surface area contributed by atoms with Gasteiger partial charge < -0.3 is 9.64 Å². The number of hydrogen-bond donors (Lipinski definition) is 0. The van der Waals surface area contributed by atoms with Crippen LogP contribution in [0.3, 0.4) is 0 Å². The first-order chi connectivity index (χ1) is 8.16. The molecule has 0 amide bonds. The molecular weight excluding hydrogens is 246 g/mol. The zero-order valence-corrected chi connectivity index (χ0v) is 12.4. The van der Waals surface area contributed by atoms with Crippen LogP contribution >= 0.6 is 12.4 Å². The molecule has 0 radical (unpaired) electrons. The van der Waals surface area contributed by atoms with Gasteiger partial charge in [-0.2, -0.15) is 0 Å². The van der Waals surface area contributed by atoms with Gasteiger partial charge in [0.2, 0.25) is 0 Å². The summed E-state index contributed by atoms with van der Waals surface area (Å²) in [5.41, 5.74) is 2.49. The van der Waals surface area contributed by atoms with Crippen molar-refractivity contribution >= 4 is 12.4 Å². The van der Waals surface area contributed by atoms with Crippen LogP contribution in [0.15, 0.2) is 18.2 Å². The van der Waals surface area contributed by atoms with Crippen molar-refractivity contribution in [3.8, 4) is 5.75 Å². The van der Waals surface area contributed by atoms with Crippen molar-refractivity contribution in [1.29, 1.82) is 0 Å². The molecule has 18 heavy (non-hydrogen) atoms. The zero-order chi connectivity index (χ0) is 12.3. The van der Waals surface area contributed by atoms with E-state index in [4.69, 9.17) is 4.74 Å². The molecule has 0 aromatic heterocycles. The molecule has 0 aliphatic carbocycles. The molecule has 0 bridgehead atoms. The Balaban J connectivity index is 0.00000162. The van der Waals surface area contributed by atoms with Crippen molar-refractivity contribution in [1.82, 2.24) is 4.90 Å². The lowest BCUT2D eigenvalue weighted by molar-refractivity contribution is 0.149. The summed E-state index contributed by atoms with van der Waals surface area (Å²) in [6, 6.07) is 6.33. The van der Waals surface area contributed by atoms with Crippen LogP contribution in [0.1, 0.15) is 24.0 Å². The smallest absolute Gasteiger partial charge is 0.125 e. The van der Waals surface area contributed by atoms with Crippen molar-refractivity contribution in [2.45, 2.75) is 26.7 Å². The number of benzene rings is 1. The molecule has 1 aromatic carbocycles. The molecule has 102 valence electrons. The Kier molecular flexibility index (Phi) is 5.97. The molecule has 2 nitrogen and oxygen atoms in total. The van der Waals surface area contributed by atoms with Gasteiger partial charge in [0.25, 0.3) is 0 Å². The van der Waals surface area contributed by atoms with Crippen LogP contribution in [0.5, 0.6) is 5.75 Å². The van der Waals surface area contributed by atoms with Gasteiger partial charge in [0.1, 0.15) is 5.75 Å². The van der Waals surface area contributed by atoms with Gasteiger partial charge in [-0.25, -0.2) is 0 Å². The number of hydrogen-bond acceptors (Lipinski definition) is 2. The molecule has 2 rings (SSSR count). The van der Waals surface area contributed by atoms with Gasteiger partial charge in [0.15, 0.2) is 0 Å². The van der Waals surface area contributed by atoms with Crippen molar-refractivity contribution in [3.63, 3.8) is 0 Å². The summed E-state index contributed by atoms with van der Waals surface area (Å²) in [6.45, 7) is 7.51. The normalized spacial score (nSPS) is 20.3. The highest BCUT2D eigenvalue weighted by molar-refractivity contribution is 5.85. The second-order valence-electron chi connectivity index (χ2n) is 5.30. The third-order valence-corrected chi connectivity index (χ3v) is 3.59. The van der Waals surface area contributed by atoms with Crippen LogP contribution in [-0.2, 0) is 0 Å². The number of aryl methyl sites for hydroxylation is 2. The summed E-state index contributed by atoms with van der Waals surface area (Å²) in [6.07, 6.45) is 2.60. The van der Waals surface area contributed by atoms with Crippen LogP contribution in [0, 0.1) is 19.8 Å². The minimum atomic E-state index is 0. The summed E-state index contributed by atoms with van der Waals surface area (Å²) in [7, 11) is 2.20. The molecule has 1 aromatic rings. The van der Waals surface area contributed by atoms with Crippen LogP contribution < -0.4 is 4.74 Å². The average Bonchev–Trinajstić information content (AvgIpc) is 2.28. The molecular formula is C15H24ClNO. The third-order valence-electron chi connectivity index (χ3n) is 3.59. The van der Waals surface area contributed by atoms with Crippen molar-refractivity contribution < 1.29 is 4.74 Å². The van der Waals surface area contributed by atoms with E-state index < -0.39 is 0 Å². The molecule has 0 N–H and O–H groups in total. The summed E-state index contributed by atoms with van der Waals surface area (Å²) < 4.78 is 6.03. The van der Waals surface area contributed by atoms with E-state index in [9.17, 15) is 0 Å². The average molecular weight is 270 g/mol. The van der Waals surface area contributed by atoms with Crippen LogP contribution in [0.25, 0.3) is 0 Å². The fraction of sp³-hybridized carbons (Fsp3) is 0.600. The SMILES string of the molecule is Cc1cccc(C)c1OCC1CCCN(C)C1.Cl. The summed E-state index contributed by atoms with van der Waals surface area (Å²) >= 11 is 0. The Hall–Kier alpha value is -0.730. The molecule has 0 saturated carbocycles. The molecule has 1 aliphatic rings. The van der Waals surface area contributed by atoms with Gasteiger partial charge in [-0.05, 0) is 51.4 Å². The lowest BCUT2D eigenvalue weighted by Gasteiger charge is -2.29. The highest BCUT2D eigenvalue weighted by Crippen LogP contribution is 2.24. The molecule has 1 atom stereocenters. The minimum absolute atomic E-state index is 0. The Bertz CT molecular complexity index is 361. The zero-order valence-electron chi connectivity index (χ0n) is 11.6. The molecule has 0 spiro atoms. The Morgan fingerprint density at radius 1 is 1.28 bits per heavy atom. The predicted octanol–water partition coefficient (Wildman–Crippen LogP) is 3.45. The van der Waals surface area contributed by atoms with Gasteiger partial charge in [0.05, 0.1) is 6.61 Å². The number of piperidine rings is 1. The summed E-state index contributed by atoms with van der Waals surface area (Å²) in [5.74, 6) is 1.77. The Morgan fingerprint density at radius 3 is 2.56 bits per heavy atom. The van der Waals surface area contributed by atoms with E-state index in [1.807, 2.05) is 0 Å². The second-order valence-corrected chi connectivity index (χ2v) is 5.30. The Morgan fingerprint density at radius 2 is 1.94 bits per heavy atom. The Labute approximate surface area is 117 Å². The standard InChI is InChI=1S/C15H23NO.ClH/c1-12-6-4-7-13(2)15(12)17-11-14-8-5-9-16(3)10-14;/h4,6-7,14H,5,8-11H2,1-3H3;1H. The monoisotopic (exact) mass is 269 g/mol.